The van der Waals surface area contributed by atoms with Gasteiger partial charge in [-0.05, 0) is 24.7 Å². The summed E-state index contributed by atoms with van der Waals surface area (Å²) < 4.78 is 0. The largest absolute Gasteiger partial charge is 0.480 e. The highest BCUT2D eigenvalue weighted by Crippen LogP contribution is 2.24. The van der Waals surface area contributed by atoms with Gasteiger partial charge in [-0.25, -0.2) is 9.59 Å². The Kier molecular flexibility index (Phi) is 5.64. The van der Waals surface area contributed by atoms with Gasteiger partial charge in [0.15, 0.2) is 0 Å². The summed E-state index contributed by atoms with van der Waals surface area (Å²) in [6.07, 6.45) is 0.337. The smallest absolute Gasteiger partial charge is 0.329 e. The summed E-state index contributed by atoms with van der Waals surface area (Å²) >= 11 is 0. The maximum atomic E-state index is 11.7. The SMILES string of the molecule is CCC(C)(NC(=O)NCC(C)(C)C(C)C)C(=O)O. The topological polar surface area (TPSA) is 78.4 Å². The summed E-state index contributed by atoms with van der Waals surface area (Å²) in [7, 11) is 0. The minimum Gasteiger partial charge on any atom is -0.480 e. The molecular weight excluding hydrogens is 232 g/mol. The normalized spacial score (nSPS) is 15.1. The molecule has 3 N–H and O–H groups in total. The van der Waals surface area contributed by atoms with Crippen LogP contribution in [0.3, 0.4) is 0 Å². The van der Waals surface area contributed by atoms with Gasteiger partial charge in [-0.2, -0.15) is 0 Å². The first-order chi connectivity index (χ1) is 8.05. The molecule has 0 saturated heterocycles. The van der Waals surface area contributed by atoms with Crippen LogP contribution in [0.15, 0.2) is 0 Å². The van der Waals surface area contributed by atoms with Crippen LogP contribution < -0.4 is 10.6 Å². The van der Waals surface area contributed by atoms with E-state index in [-0.39, 0.29) is 5.41 Å². The summed E-state index contributed by atoms with van der Waals surface area (Å²) in [5.74, 6) is -0.599. The number of carbonyl (C=O) groups excluding carboxylic acids is 1. The molecule has 5 heteroatoms. The monoisotopic (exact) mass is 258 g/mol. The number of carboxylic acids is 1. The molecule has 18 heavy (non-hydrogen) atoms. The third-order valence-electron chi connectivity index (χ3n) is 3.84. The second-order valence-electron chi connectivity index (χ2n) is 5.94. The molecule has 2 amide bonds. The lowest BCUT2D eigenvalue weighted by molar-refractivity contribution is -0.143. The van der Waals surface area contributed by atoms with Crippen LogP contribution in [0, 0.1) is 11.3 Å². The summed E-state index contributed by atoms with van der Waals surface area (Å²) in [6, 6.07) is -0.435. The fraction of sp³-hybridized carbons (Fsp3) is 0.846. The van der Waals surface area contributed by atoms with Gasteiger partial charge in [0.1, 0.15) is 5.54 Å². The van der Waals surface area contributed by atoms with E-state index in [2.05, 4.69) is 38.3 Å². The zero-order valence-corrected chi connectivity index (χ0v) is 12.3. The second-order valence-corrected chi connectivity index (χ2v) is 5.94. The van der Waals surface area contributed by atoms with Crippen molar-refractivity contribution >= 4 is 12.0 Å². The van der Waals surface area contributed by atoms with E-state index in [1.807, 2.05) is 0 Å². The van der Waals surface area contributed by atoms with Crippen molar-refractivity contribution in [3.05, 3.63) is 0 Å². The minimum atomic E-state index is -1.22. The van der Waals surface area contributed by atoms with Crippen molar-refractivity contribution in [1.29, 1.82) is 0 Å². The molecule has 1 unspecified atom stereocenters. The molecular formula is C13H26N2O3. The molecule has 0 saturated carbocycles. The predicted molar refractivity (Wildman–Crippen MR) is 71.5 cm³/mol. The third kappa shape index (κ3) is 4.55. The number of carbonyl (C=O) groups is 2. The first kappa shape index (κ1) is 16.7. The van der Waals surface area contributed by atoms with Crippen molar-refractivity contribution in [2.24, 2.45) is 11.3 Å². The van der Waals surface area contributed by atoms with Crippen LogP contribution in [0.25, 0.3) is 0 Å². The van der Waals surface area contributed by atoms with Gasteiger partial charge in [0.25, 0.3) is 0 Å². The van der Waals surface area contributed by atoms with Crippen LogP contribution in [0.5, 0.6) is 0 Å². The standard InChI is InChI=1S/C13H26N2O3/c1-7-13(6,10(16)17)15-11(18)14-8-12(4,5)9(2)3/h9H,7-8H2,1-6H3,(H,16,17)(H2,14,15,18). The second kappa shape index (κ2) is 6.07. The van der Waals surface area contributed by atoms with Crippen LogP contribution in [-0.4, -0.2) is 29.2 Å². The third-order valence-corrected chi connectivity index (χ3v) is 3.84. The van der Waals surface area contributed by atoms with E-state index in [4.69, 9.17) is 5.11 Å². The molecule has 0 fully saturated rings. The van der Waals surface area contributed by atoms with E-state index in [1.54, 1.807) is 6.92 Å². The molecule has 0 aromatic heterocycles. The molecule has 0 aliphatic heterocycles. The Bertz CT molecular complexity index is 313. The van der Waals surface area contributed by atoms with E-state index >= 15 is 0 Å². The van der Waals surface area contributed by atoms with Gasteiger partial charge in [0, 0.05) is 6.54 Å². The molecule has 0 heterocycles. The lowest BCUT2D eigenvalue weighted by atomic mass is 9.81. The van der Waals surface area contributed by atoms with Crippen molar-refractivity contribution in [1.82, 2.24) is 10.6 Å². The summed E-state index contributed by atoms with van der Waals surface area (Å²) in [5.41, 5.74) is -1.24. The highest BCUT2D eigenvalue weighted by molar-refractivity contribution is 5.85. The number of hydrogen-bond donors (Lipinski definition) is 3. The fourth-order valence-corrected chi connectivity index (χ4v) is 1.10. The first-order valence-electron chi connectivity index (χ1n) is 6.34. The van der Waals surface area contributed by atoms with E-state index in [0.29, 0.717) is 18.9 Å². The number of amides is 2. The molecule has 0 radical (unpaired) electrons. The molecule has 0 bridgehead atoms. The van der Waals surface area contributed by atoms with E-state index in [1.165, 1.54) is 6.92 Å². The highest BCUT2D eigenvalue weighted by atomic mass is 16.4. The Labute approximate surface area is 109 Å². The quantitative estimate of drug-likeness (QED) is 0.683. The maximum absolute atomic E-state index is 11.7. The predicted octanol–water partition coefficient (Wildman–Crippen LogP) is 2.22. The summed E-state index contributed by atoms with van der Waals surface area (Å²) in [6.45, 7) is 12.0. The van der Waals surface area contributed by atoms with Gasteiger partial charge in [0.05, 0.1) is 0 Å². The molecule has 1 atom stereocenters. The number of carboxylic acid groups (broad SMARTS) is 1. The minimum absolute atomic E-state index is 0.0246. The Hall–Kier alpha value is -1.26. The Morgan fingerprint density at radius 3 is 2.06 bits per heavy atom. The number of nitrogens with one attached hydrogen (secondary N) is 2. The van der Waals surface area contributed by atoms with Crippen LogP contribution >= 0.6 is 0 Å². The molecule has 0 aromatic carbocycles. The molecule has 0 aromatic rings. The van der Waals surface area contributed by atoms with Crippen LogP contribution in [-0.2, 0) is 4.79 Å². The lowest BCUT2D eigenvalue weighted by Crippen LogP contribution is -2.55. The number of aliphatic carboxylic acids is 1. The van der Waals surface area contributed by atoms with Gasteiger partial charge < -0.3 is 15.7 Å². The van der Waals surface area contributed by atoms with Crippen LogP contribution in [0.1, 0.15) is 48.0 Å². The molecule has 0 aliphatic carbocycles. The van der Waals surface area contributed by atoms with Crippen molar-refractivity contribution in [3.63, 3.8) is 0 Å². The zero-order valence-electron chi connectivity index (χ0n) is 12.3. The van der Waals surface area contributed by atoms with Crippen molar-refractivity contribution in [3.8, 4) is 0 Å². The Morgan fingerprint density at radius 2 is 1.72 bits per heavy atom. The summed E-state index contributed by atoms with van der Waals surface area (Å²) in [4.78, 5) is 22.8. The van der Waals surface area contributed by atoms with Crippen molar-refractivity contribution in [2.45, 2.75) is 53.5 Å². The average Bonchev–Trinajstić information content (AvgIpc) is 2.25. The summed E-state index contributed by atoms with van der Waals surface area (Å²) in [5, 5.41) is 14.3. The fourth-order valence-electron chi connectivity index (χ4n) is 1.10. The van der Waals surface area contributed by atoms with Gasteiger partial charge in [-0.3, -0.25) is 0 Å². The van der Waals surface area contributed by atoms with Gasteiger partial charge in [-0.15, -0.1) is 0 Å². The molecule has 0 spiro atoms. The van der Waals surface area contributed by atoms with E-state index < -0.39 is 17.5 Å². The van der Waals surface area contributed by atoms with Crippen LogP contribution in [0.2, 0.25) is 0 Å². The van der Waals surface area contributed by atoms with E-state index in [9.17, 15) is 9.59 Å². The number of urea groups is 1. The number of hydrogen-bond acceptors (Lipinski definition) is 2. The van der Waals surface area contributed by atoms with Crippen LogP contribution in [0.4, 0.5) is 4.79 Å². The van der Waals surface area contributed by atoms with Gasteiger partial charge in [-0.1, -0.05) is 34.6 Å². The van der Waals surface area contributed by atoms with Crippen molar-refractivity contribution in [2.75, 3.05) is 6.54 Å². The molecule has 5 nitrogen and oxygen atoms in total. The zero-order chi connectivity index (χ0) is 14.6. The van der Waals surface area contributed by atoms with Crippen molar-refractivity contribution < 1.29 is 14.7 Å². The highest BCUT2D eigenvalue weighted by Gasteiger charge is 2.33. The molecule has 106 valence electrons. The molecule has 0 aliphatic rings. The van der Waals surface area contributed by atoms with Gasteiger partial charge >= 0.3 is 12.0 Å². The maximum Gasteiger partial charge on any atom is 0.329 e. The Balaban J connectivity index is 4.41. The lowest BCUT2D eigenvalue weighted by Gasteiger charge is -2.31. The average molecular weight is 258 g/mol. The van der Waals surface area contributed by atoms with E-state index in [0.717, 1.165) is 0 Å². The molecule has 0 rings (SSSR count). The van der Waals surface area contributed by atoms with Gasteiger partial charge in [0.2, 0.25) is 0 Å². The first-order valence-corrected chi connectivity index (χ1v) is 6.34. The Morgan fingerprint density at radius 1 is 1.22 bits per heavy atom. The number of rotatable bonds is 6.